The summed E-state index contributed by atoms with van der Waals surface area (Å²) in [4.78, 5) is 22.6. The second-order valence-electron chi connectivity index (χ2n) is 6.04. The van der Waals surface area contributed by atoms with Gasteiger partial charge in [0, 0.05) is 18.4 Å². The average molecular weight is 297 g/mol. The van der Waals surface area contributed by atoms with Gasteiger partial charge in [-0.25, -0.2) is 0 Å². The van der Waals surface area contributed by atoms with Crippen LogP contribution in [0.4, 0.5) is 0 Å². The fourth-order valence-electron chi connectivity index (χ4n) is 3.34. The number of hydrogen-bond acceptors (Lipinski definition) is 2. The van der Waals surface area contributed by atoms with Gasteiger partial charge >= 0.3 is 5.97 Å². The lowest BCUT2D eigenvalue weighted by molar-refractivity contribution is -0.137. The first kappa shape index (κ1) is 14.6. The maximum Gasteiger partial charge on any atom is 0.303 e. The normalized spacial score (nSPS) is 21.0. The van der Waals surface area contributed by atoms with Gasteiger partial charge in [0.2, 0.25) is 5.91 Å². The van der Waals surface area contributed by atoms with Crippen LogP contribution in [0.2, 0.25) is 0 Å². The molecule has 0 saturated carbocycles. The smallest absolute Gasteiger partial charge is 0.303 e. The molecule has 1 heterocycles. The zero-order chi connectivity index (χ0) is 15.6. The quantitative estimate of drug-likeness (QED) is 0.891. The maximum absolute atomic E-state index is 11.7. The van der Waals surface area contributed by atoms with Gasteiger partial charge in [-0.15, -0.1) is 0 Å². The Balaban J connectivity index is 1.92. The van der Waals surface area contributed by atoms with E-state index in [1.165, 1.54) is 5.39 Å². The van der Waals surface area contributed by atoms with E-state index in [9.17, 15) is 9.59 Å². The van der Waals surface area contributed by atoms with E-state index in [-0.39, 0.29) is 12.3 Å². The molecule has 1 amide bonds. The van der Waals surface area contributed by atoms with Gasteiger partial charge in [-0.1, -0.05) is 42.5 Å². The molecule has 2 aromatic rings. The summed E-state index contributed by atoms with van der Waals surface area (Å²) < 4.78 is 0. The van der Waals surface area contributed by atoms with Crippen LogP contribution in [-0.2, 0) is 16.0 Å². The summed E-state index contributed by atoms with van der Waals surface area (Å²) in [7, 11) is 0. The number of rotatable bonds is 5. The second-order valence-corrected chi connectivity index (χ2v) is 6.04. The van der Waals surface area contributed by atoms with Crippen LogP contribution in [-0.4, -0.2) is 22.5 Å². The lowest BCUT2D eigenvalue weighted by Crippen LogP contribution is -2.44. The van der Waals surface area contributed by atoms with E-state index in [2.05, 4.69) is 29.6 Å². The Morgan fingerprint density at radius 2 is 1.95 bits per heavy atom. The molecule has 0 unspecified atom stereocenters. The fourth-order valence-corrected chi connectivity index (χ4v) is 3.34. The van der Waals surface area contributed by atoms with Crippen molar-refractivity contribution in [3.63, 3.8) is 0 Å². The third-order valence-corrected chi connectivity index (χ3v) is 4.46. The van der Waals surface area contributed by atoms with Gasteiger partial charge in [0.25, 0.3) is 0 Å². The summed E-state index contributed by atoms with van der Waals surface area (Å²) >= 11 is 0. The monoisotopic (exact) mass is 297 g/mol. The standard InChI is InChI=1S/C18H19NO3/c20-16-8-10-18(19-16,11-9-17(21)22)12-14-6-3-5-13-4-1-2-7-15(13)14/h1-7H,8-12H2,(H,19,20)(H,21,22)/t18-/m0/s1. The number of amides is 1. The molecule has 2 N–H and O–H groups in total. The number of nitrogens with one attached hydrogen (secondary N) is 1. The van der Waals surface area contributed by atoms with E-state index in [4.69, 9.17) is 5.11 Å². The molecule has 4 nitrogen and oxygen atoms in total. The van der Waals surface area contributed by atoms with Gasteiger partial charge in [0.05, 0.1) is 0 Å². The van der Waals surface area contributed by atoms with Gasteiger partial charge in [0.15, 0.2) is 0 Å². The minimum Gasteiger partial charge on any atom is -0.481 e. The van der Waals surface area contributed by atoms with Crippen molar-refractivity contribution in [3.05, 3.63) is 48.0 Å². The summed E-state index contributed by atoms with van der Waals surface area (Å²) in [6.45, 7) is 0. The number of carbonyl (C=O) groups excluding carboxylic acids is 1. The molecular weight excluding hydrogens is 278 g/mol. The van der Waals surface area contributed by atoms with Crippen LogP contribution in [0.1, 0.15) is 31.2 Å². The molecular formula is C18H19NO3. The molecule has 0 spiro atoms. The van der Waals surface area contributed by atoms with Gasteiger partial charge in [-0.3, -0.25) is 9.59 Å². The van der Waals surface area contributed by atoms with Crippen LogP contribution in [0.5, 0.6) is 0 Å². The van der Waals surface area contributed by atoms with Gasteiger partial charge in [-0.05, 0) is 35.6 Å². The average Bonchev–Trinajstić information content (AvgIpc) is 2.87. The van der Waals surface area contributed by atoms with E-state index in [0.29, 0.717) is 25.7 Å². The van der Waals surface area contributed by atoms with Crippen LogP contribution in [0, 0.1) is 0 Å². The summed E-state index contributed by atoms with van der Waals surface area (Å²) in [5.41, 5.74) is 0.727. The summed E-state index contributed by atoms with van der Waals surface area (Å²) in [6, 6.07) is 14.3. The van der Waals surface area contributed by atoms with E-state index >= 15 is 0 Å². The Kier molecular flexibility index (Phi) is 3.84. The minimum atomic E-state index is -0.821. The second kappa shape index (κ2) is 5.79. The van der Waals surface area contributed by atoms with Gasteiger partial charge in [0.1, 0.15) is 0 Å². The van der Waals surface area contributed by atoms with Crippen LogP contribution in [0.15, 0.2) is 42.5 Å². The molecule has 1 aliphatic heterocycles. The number of benzene rings is 2. The molecule has 1 aliphatic rings. The van der Waals surface area contributed by atoms with Gasteiger partial charge in [-0.2, -0.15) is 0 Å². The summed E-state index contributed by atoms with van der Waals surface area (Å²) in [5.74, 6) is -0.802. The Hall–Kier alpha value is -2.36. The van der Waals surface area contributed by atoms with Crippen LogP contribution < -0.4 is 5.32 Å². The van der Waals surface area contributed by atoms with Crippen LogP contribution in [0.3, 0.4) is 0 Å². The van der Waals surface area contributed by atoms with Crippen molar-refractivity contribution < 1.29 is 14.7 Å². The van der Waals surface area contributed by atoms with Crippen LogP contribution in [0.25, 0.3) is 10.8 Å². The third kappa shape index (κ3) is 2.96. The number of hydrogen-bond donors (Lipinski definition) is 2. The topological polar surface area (TPSA) is 66.4 Å². The molecule has 114 valence electrons. The Morgan fingerprint density at radius 3 is 2.68 bits per heavy atom. The van der Waals surface area contributed by atoms with Crippen molar-refractivity contribution >= 4 is 22.6 Å². The largest absolute Gasteiger partial charge is 0.481 e. The van der Waals surface area contributed by atoms with Crippen molar-refractivity contribution in [1.82, 2.24) is 5.32 Å². The molecule has 2 aromatic carbocycles. The SMILES string of the molecule is O=C(O)CC[C@]1(Cc2cccc3ccccc23)CCC(=O)N1. The summed E-state index contributed by atoms with van der Waals surface area (Å²) in [5, 5.41) is 14.3. The molecule has 3 rings (SSSR count). The molecule has 22 heavy (non-hydrogen) atoms. The van der Waals surface area contributed by atoms with Crippen molar-refractivity contribution in [2.24, 2.45) is 0 Å². The summed E-state index contributed by atoms with van der Waals surface area (Å²) in [6.07, 6.45) is 2.39. The van der Waals surface area contributed by atoms with E-state index in [1.807, 2.05) is 18.2 Å². The predicted octanol–water partition coefficient (Wildman–Crippen LogP) is 2.90. The Morgan fingerprint density at radius 1 is 1.18 bits per heavy atom. The lowest BCUT2D eigenvalue weighted by Gasteiger charge is -2.29. The molecule has 0 bridgehead atoms. The van der Waals surface area contributed by atoms with E-state index in [1.54, 1.807) is 0 Å². The van der Waals surface area contributed by atoms with Crippen molar-refractivity contribution in [2.75, 3.05) is 0 Å². The molecule has 1 saturated heterocycles. The molecule has 0 aromatic heterocycles. The zero-order valence-corrected chi connectivity index (χ0v) is 12.3. The number of carbonyl (C=O) groups is 2. The first-order valence-corrected chi connectivity index (χ1v) is 7.57. The highest BCUT2D eigenvalue weighted by atomic mass is 16.4. The van der Waals surface area contributed by atoms with E-state index < -0.39 is 11.5 Å². The van der Waals surface area contributed by atoms with Crippen molar-refractivity contribution in [3.8, 4) is 0 Å². The number of carboxylic acid groups (broad SMARTS) is 1. The molecule has 4 heteroatoms. The fraction of sp³-hybridized carbons (Fsp3) is 0.333. The number of fused-ring (bicyclic) bond motifs is 1. The first-order valence-electron chi connectivity index (χ1n) is 7.57. The zero-order valence-electron chi connectivity index (χ0n) is 12.3. The number of aliphatic carboxylic acids is 1. The lowest BCUT2D eigenvalue weighted by atomic mass is 9.83. The number of carboxylic acids is 1. The molecule has 0 radical (unpaired) electrons. The Labute approximate surface area is 129 Å². The Bertz CT molecular complexity index is 720. The molecule has 1 atom stereocenters. The van der Waals surface area contributed by atoms with E-state index in [0.717, 1.165) is 10.9 Å². The highest BCUT2D eigenvalue weighted by Gasteiger charge is 2.38. The van der Waals surface area contributed by atoms with Gasteiger partial charge < -0.3 is 10.4 Å². The van der Waals surface area contributed by atoms with Crippen LogP contribution >= 0.6 is 0 Å². The highest BCUT2D eigenvalue weighted by molar-refractivity contribution is 5.86. The molecule has 0 aliphatic carbocycles. The molecule has 1 fully saturated rings. The van der Waals surface area contributed by atoms with Crippen molar-refractivity contribution in [2.45, 2.75) is 37.6 Å². The highest BCUT2D eigenvalue weighted by Crippen LogP contribution is 2.32. The predicted molar refractivity (Wildman–Crippen MR) is 84.6 cm³/mol. The van der Waals surface area contributed by atoms with Crippen molar-refractivity contribution in [1.29, 1.82) is 0 Å². The minimum absolute atomic E-state index is 0.0191. The maximum atomic E-state index is 11.7. The third-order valence-electron chi connectivity index (χ3n) is 4.46. The first-order chi connectivity index (χ1) is 10.6.